The van der Waals surface area contributed by atoms with Crippen molar-refractivity contribution < 1.29 is 0 Å². The highest BCUT2D eigenvalue weighted by molar-refractivity contribution is 6.42. The molecule has 9 heteroatoms. The number of benzene rings is 1. The monoisotopic (exact) mass is 376 g/mol. The van der Waals surface area contributed by atoms with E-state index in [-0.39, 0.29) is 5.95 Å². The van der Waals surface area contributed by atoms with Crippen LogP contribution in [0.5, 0.6) is 0 Å². The molecule has 0 aliphatic rings. The number of hydrogen-bond acceptors (Lipinski definition) is 6. The molecule has 128 valence electrons. The van der Waals surface area contributed by atoms with E-state index >= 15 is 0 Å². The Bertz CT molecular complexity index is 961. The van der Waals surface area contributed by atoms with E-state index in [4.69, 9.17) is 29.0 Å². The van der Waals surface area contributed by atoms with Crippen molar-refractivity contribution in [2.24, 2.45) is 5.84 Å². The van der Waals surface area contributed by atoms with Gasteiger partial charge < -0.3 is 0 Å². The molecule has 0 radical (unpaired) electrons. The second-order valence-electron chi connectivity index (χ2n) is 5.07. The van der Waals surface area contributed by atoms with Crippen LogP contribution in [0.3, 0.4) is 0 Å². The van der Waals surface area contributed by atoms with Gasteiger partial charge in [0.1, 0.15) is 11.6 Å². The first-order valence-electron chi connectivity index (χ1n) is 7.42. The Morgan fingerprint density at radius 1 is 1.16 bits per heavy atom. The summed E-state index contributed by atoms with van der Waals surface area (Å²) in [5.74, 6) is 6.98. The van der Waals surface area contributed by atoms with Crippen LogP contribution < -0.4 is 16.5 Å². The molecule has 0 aliphatic heterocycles. The third kappa shape index (κ3) is 3.48. The Balaban J connectivity index is 2.11. The van der Waals surface area contributed by atoms with Crippen molar-refractivity contribution in [3.63, 3.8) is 0 Å². The summed E-state index contributed by atoms with van der Waals surface area (Å²) in [4.78, 5) is 25.1. The van der Waals surface area contributed by atoms with Crippen LogP contribution in [0.25, 0.3) is 5.69 Å². The first kappa shape index (κ1) is 17.3. The summed E-state index contributed by atoms with van der Waals surface area (Å²) in [7, 11) is 0. The predicted molar refractivity (Wildman–Crippen MR) is 97.6 cm³/mol. The number of pyridine rings is 1. The van der Waals surface area contributed by atoms with E-state index < -0.39 is 5.69 Å². The molecular weight excluding hydrogens is 363 g/mol. The fraction of sp³-hybridized carbons (Fsp3) is 0.125. The number of hydrogen-bond donors (Lipinski definition) is 1. The molecule has 7 nitrogen and oxygen atoms in total. The minimum atomic E-state index is -0.522. The van der Waals surface area contributed by atoms with Crippen molar-refractivity contribution in [1.82, 2.24) is 19.5 Å². The van der Waals surface area contributed by atoms with Gasteiger partial charge in [0.05, 0.1) is 15.7 Å². The van der Waals surface area contributed by atoms with Crippen molar-refractivity contribution in [3.05, 3.63) is 68.9 Å². The average Bonchev–Trinajstić information content (AvgIpc) is 2.63. The number of rotatable bonds is 4. The second-order valence-corrected chi connectivity index (χ2v) is 5.88. The maximum Gasteiger partial charge on any atom is 0.356 e. The van der Waals surface area contributed by atoms with Gasteiger partial charge in [-0.05, 0) is 30.3 Å². The smallest absolute Gasteiger partial charge is 0.248 e. The molecule has 0 atom stereocenters. The standard InChI is InChI=1S/C16H14Cl2N6O/c1-2-13-21-15(24(19)14-5-3-4-8-20-14)22-16(25)23(13)10-6-7-11(17)12(18)9-10/h3-9H,2,19H2,1H3. The Morgan fingerprint density at radius 3 is 2.60 bits per heavy atom. The molecule has 0 unspecified atom stereocenters. The predicted octanol–water partition coefficient (Wildman–Crippen LogP) is 2.90. The zero-order valence-corrected chi connectivity index (χ0v) is 14.7. The van der Waals surface area contributed by atoms with Crippen molar-refractivity contribution in [2.45, 2.75) is 13.3 Å². The lowest BCUT2D eigenvalue weighted by atomic mass is 10.3. The van der Waals surface area contributed by atoms with Crippen LogP contribution in [0.2, 0.25) is 10.0 Å². The van der Waals surface area contributed by atoms with Gasteiger partial charge >= 0.3 is 5.69 Å². The Morgan fingerprint density at radius 2 is 1.96 bits per heavy atom. The van der Waals surface area contributed by atoms with Gasteiger partial charge in [0.2, 0.25) is 0 Å². The molecule has 0 spiro atoms. The molecule has 0 aliphatic carbocycles. The number of nitrogens with zero attached hydrogens (tertiary/aromatic N) is 5. The molecule has 0 amide bonds. The molecule has 2 heterocycles. The van der Waals surface area contributed by atoms with Gasteiger partial charge in [-0.1, -0.05) is 36.2 Å². The SMILES string of the molecule is CCc1nc(N(N)c2ccccn2)nc(=O)n1-c1ccc(Cl)c(Cl)c1. The van der Waals surface area contributed by atoms with Crippen molar-refractivity contribution >= 4 is 35.0 Å². The maximum absolute atomic E-state index is 12.6. The third-order valence-electron chi connectivity index (χ3n) is 3.46. The highest BCUT2D eigenvalue weighted by Crippen LogP contribution is 2.24. The van der Waals surface area contributed by atoms with Crippen LogP contribution in [0.15, 0.2) is 47.4 Å². The Kier molecular flexibility index (Phi) is 4.98. The van der Waals surface area contributed by atoms with Gasteiger partial charge in [-0.15, -0.1) is 0 Å². The van der Waals surface area contributed by atoms with Gasteiger partial charge in [0, 0.05) is 12.6 Å². The van der Waals surface area contributed by atoms with Gasteiger partial charge in [-0.2, -0.15) is 9.97 Å². The van der Waals surface area contributed by atoms with E-state index in [9.17, 15) is 4.79 Å². The van der Waals surface area contributed by atoms with Crippen LogP contribution in [0.1, 0.15) is 12.7 Å². The summed E-state index contributed by atoms with van der Waals surface area (Å²) in [5.41, 5.74) is 0.0100. The summed E-state index contributed by atoms with van der Waals surface area (Å²) >= 11 is 12.0. The highest BCUT2D eigenvalue weighted by atomic mass is 35.5. The Labute approximate surface area is 153 Å². The lowest BCUT2D eigenvalue weighted by Crippen LogP contribution is -2.34. The topological polar surface area (TPSA) is 89.9 Å². The third-order valence-corrected chi connectivity index (χ3v) is 4.20. The van der Waals surface area contributed by atoms with E-state index in [2.05, 4.69) is 15.0 Å². The van der Waals surface area contributed by atoms with Crippen molar-refractivity contribution in [2.75, 3.05) is 5.01 Å². The number of halogens is 2. The number of aromatic nitrogens is 4. The molecule has 0 saturated carbocycles. The minimum absolute atomic E-state index is 0.0665. The van der Waals surface area contributed by atoms with Crippen LogP contribution >= 0.6 is 23.2 Å². The molecule has 3 aromatic rings. The molecule has 1 aromatic carbocycles. The number of nitrogens with two attached hydrogens (primary N) is 1. The molecule has 25 heavy (non-hydrogen) atoms. The maximum atomic E-state index is 12.6. The van der Waals surface area contributed by atoms with E-state index in [1.807, 2.05) is 6.92 Å². The molecule has 2 N–H and O–H groups in total. The zero-order chi connectivity index (χ0) is 18.0. The molecule has 0 fully saturated rings. The normalized spacial score (nSPS) is 10.7. The van der Waals surface area contributed by atoms with Crippen molar-refractivity contribution in [1.29, 1.82) is 0 Å². The van der Waals surface area contributed by atoms with Crippen LogP contribution in [-0.4, -0.2) is 19.5 Å². The lowest BCUT2D eigenvalue weighted by Gasteiger charge is -2.17. The highest BCUT2D eigenvalue weighted by Gasteiger charge is 2.16. The summed E-state index contributed by atoms with van der Waals surface area (Å²) in [5, 5.41) is 1.91. The van der Waals surface area contributed by atoms with Crippen LogP contribution in [-0.2, 0) is 6.42 Å². The average molecular weight is 377 g/mol. The fourth-order valence-electron chi connectivity index (χ4n) is 2.26. The van der Waals surface area contributed by atoms with Gasteiger partial charge in [0.25, 0.3) is 5.95 Å². The zero-order valence-electron chi connectivity index (χ0n) is 13.2. The lowest BCUT2D eigenvalue weighted by molar-refractivity contribution is 0.754. The van der Waals surface area contributed by atoms with E-state index in [1.165, 1.54) is 9.58 Å². The van der Waals surface area contributed by atoms with E-state index in [0.29, 0.717) is 33.8 Å². The van der Waals surface area contributed by atoms with Gasteiger partial charge in [-0.3, -0.25) is 0 Å². The molecule has 2 aromatic heterocycles. The van der Waals surface area contributed by atoms with E-state index in [0.717, 1.165) is 0 Å². The quantitative estimate of drug-likeness (QED) is 0.556. The molecule has 3 rings (SSSR count). The first-order chi connectivity index (χ1) is 12.0. The largest absolute Gasteiger partial charge is 0.356 e. The second kappa shape index (κ2) is 7.18. The van der Waals surface area contributed by atoms with Gasteiger partial charge in [-0.25, -0.2) is 25.2 Å². The Hall–Kier alpha value is -2.48. The number of anilines is 2. The fourth-order valence-corrected chi connectivity index (χ4v) is 2.56. The van der Waals surface area contributed by atoms with Gasteiger partial charge in [0.15, 0.2) is 0 Å². The van der Waals surface area contributed by atoms with Crippen molar-refractivity contribution in [3.8, 4) is 5.69 Å². The minimum Gasteiger partial charge on any atom is -0.248 e. The summed E-state index contributed by atoms with van der Waals surface area (Å²) < 4.78 is 1.37. The first-order valence-corrected chi connectivity index (χ1v) is 8.18. The number of aryl methyl sites for hydroxylation is 1. The summed E-state index contributed by atoms with van der Waals surface area (Å²) in [6.45, 7) is 1.88. The summed E-state index contributed by atoms with van der Waals surface area (Å²) in [6.07, 6.45) is 2.08. The van der Waals surface area contributed by atoms with E-state index in [1.54, 1.807) is 42.6 Å². The summed E-state index contributed by atoms with van der Waals surface area (Å²) in [6, 6.07) is 10.1. The van der Waals surface area contributed by atoms with Crippen LogP contribution in [0, 0.1) is 0 Å². The molecular formula is C16H14Cl2N6O. The molecule has 0 saturated heterocycles. The van der Waals surface area contributed by atoms with Crippen LogP contribution in [0.4, 0.5) is 11.8 Å². The molecule has 0 bridgehead atoms. The number of hydrazine groups is 1.